The van der Waals surface area contributed by atoms with Crippen molar-refractivity contribution in [3.05, 3.63) is 29.3 Å². The lowest BCUT2D eigenvalue weighted by Crippen LogP contribution is -2.02. The van der Waals surface area contributed by atoms with Gasteiger partial charge in [0.2, 0.25) is 0 Å². The van der Waals surface area contributed by atoms with Crippen LogP contribution in [0.2, 0.25) is 0 Å². The van der Waals surface area contributed by atoms with Crippen LogP contribution in [0.4, 0.5) is 5.69 Å². The molecule has 1 rings (SSSR count). The minimum absolute atomic E-state index is 0.845. The van der Waals surface area contributed by atoms with Crippen LogP contribution in [-0.2, 0) is 0 Å². The molecule has 0 spiro atoms. The lowest BCUT2D eigenvalue weighted by atomic mass is 10.1. The number of hydrogen-bond acceptors (Lipinski definition) is 1. The molecule has 1 heteroatoms. The van der Waals surface area contributed by atoms with Gasteiger partial charge in [0.25, 0.3) is 0 Å². The van der Waals surface area contributed by atoms with E-state index in [9.17, 15) is 0 Å². The summed E-state index contributed by atoms with van der Waals surface area (Å²) >= 11 is 0. The minimum Gasteiger partial charge on any atom is -0.385 e. The molecule has 0 heterocycles. The Balaban J connectivity index is 2.50. The first kappa shape index (κ1) is 10.7. The summed E-state index contributed by atoms with van der Waals surface area (Å²) in [5.41, 5.74) is 3.80. The van der Waals surface area contributed by atoms with E-state index in [2.05, 4.69) is 43.3 Å². The smallest absolute Gasteiger partial charge is 0.0372 e. The molecule has 0 aliphatic rings. The quantitative estimate of drug-likeness (QED) is 0.564. The molecule has 0 bridgehead atoms. The van der Waals surface area contributed by atoms with E-state index in [1.807, 2.05) is 0 Å². The van der Waals surface area contributed by atoms with Crippen molar-refractivity contribution in [3.8, 4) is 12.3 Å². The summed E-state index contributed by atoms with van der Waals surface area (Å²) in [6.07, 6.45) is 7.06. The lowest BCUT2D eigenvalue weighted by molar-refractivity contribution is 0.906. The third-order valence-electron chi connectivity index (χ3n) is 2.21. The van der Waals surface area contributed by atoms with Crippen LogP contribution in [0, 0.1) is 26.2 Å². The van der Waals surface area contributed by atoms with Gasteiger partial charge in [-0.3, -0.25) is 0 Å². The van der Waals surface area contributed by atoms with Crippen molar-refractivity contribution in [3.63, 3.8) is 0 Å². The Morgan fingerprint density at radius 3 is 2.86 bits per heavy atom. The summed E-state index contributed by atoms with van der Waals surface area (Å²) in [5.74, 6) is 2.64. The zero-order chi connectivity index (χ0) is 10.4. The third kappa shape index (κ3) is 3.14. The molecular formula is C13H17N. The molecule has 0 aliphatic heterocycles. The number of terminal acetylenes is 1. The highest BCUT2D eigenvalue weighted by Gasteiger charge is 1.96. The van der Waals surface area contributed by atoms with Gasteiger partial charge >= 0.3 is 0 Å². The molecule has 1 aromatic rings. The molecule has 0 amide bonds. The largest absolute Gasteiger partial charge is 0.385 e. The summed E-state index contributed by atoms with van der Waals surface area (Å²) in [5, 5.41) is 3.39. The number of hydrogen-bond donors (Lipinski definition) is 1. The average Bonchev–Trinajstić information content (AvgIpc) is 2.18. The normalized spacial score (nSPS) is 9.50. The van der Waals surface area contributed by atoms with Gasteiger partial charge in [0.15, 0.2) is 0 Å². The molecular weight excluding hydrogens is 170 g/mol. The molecule has 0 unspecified atom stereocenters. The fraction of sp³-hybridized carbons (Fsp3) is 0.385. The zero-order valence-corrected chi connectivity index (χ0v) is 8.93. The maximum atomic E-state index is 5.18. The maximum Gasteiger partial charge on any atom is 0.0372 e. The van der Waals surface area contributed by atoms with Gasteiger partial charge in [0, 0.05) is 18.7 Å². The number of rotatable bonds is 4. The second-order valence-electron chi connectivity index (χ2n) is 3.55. The van der Waals surface area contributed by atoms with Crippen LogP contribution in [0.1, 0.15) is 24.0 Å². The van der Waals surface area contributed by atoms with Gasteiger partial charge in [-0.15, -0.1) is 12.3 Å². The molecule has 0 aliphatic carbocycles. The van der Waals surface area contributed by atoms with Crippen molar-refractivity contribution in [1.82, 2.24) is 0 Å². The fourth-order valence-electron chi connectivity index (χ4n) is 1.34. The Kier molecular flexibility index (Phi) is 4.07. The van der Waals surface area contributed by atoms with E-state index < -0.39 is 0 Å². The fourth-order valence-corrected chi connectivity index (χ4v) is 1.34. The van der Waals surface area contributed by atoms with E-state index in [0.717, 1.165) is 19.4 Å². The molecule has 1 nitrogen and oxygen atoms in total. The predicted octanol–water partition coefficient (Wildman–Crippen LogP) is 3.13. The van der Waals surface area contributed by atoms with Gasteiger partial charge in [-0.1, -0.05) is 12.1 Å². The first-order chi connectivity index (χ1) is 6.74. The van der Waals surface area contributed by atoms with Crippen molar-refractivity contribution < 1.29 is 0 Å². The zero-order valence-electron chi connectivity index (χ0n) is 8.93. The van der Waals surface area contributed by atoms with Crippen molar-refractivity contribution >= 4 is 5.69 Å². The van der Waals surface area contributed by atoms with Crippen LogP contribution >= 0.6 is 0 Å². The summed E-state index contributed by atoms with van der Waals surface area (Å²) < 4.78 is 0. The second kappa shape index (κ2) is 5.34. The Hall–Kier alpha value is -1.42. The predicted molar refractivity (Wildman–Crippen MR) is 62.5 cm³/mol. The number of benzene rings is 1. The van der Waals surface area contributed by atoms with Crippen molar-refractivity contribution in [2.24, 2.45) is 0 Å². The molecule has 74 valence electrons. The Labute approximate surface area is 86.5 Å². The SMILES string of the molecule is C#CCCCNc1cc(C)ccc1C. The topological polar surface area (TPSA) is 12.0 Å². The van der Waals surface area contributed by atoms with Crippen LogP contribution in [0.25, 0.3) is 0 Å². The number of nitrogens with one attached hydrogen (secondary N) is 1. The molecule has 1 N–H and O–H groups in total. The van der Waals surface area contributed by atoms with E-state index in [1.165, 1.54) is 16.8 Å². The number of aryl methyl sites for hydroxylation is 2. The molecule has 0 aromatic heterocycles. The van der Waals surface area contributed by atoms with Crippen LogP contribution < -0.4 is 5.32 Å². The molecule has 0 radical (unpaired) electrons. The van der Waals surface area contributed by atoms with Gasteiger partial charge in [0.1, 0.15) is 0 Å². The van der Waals surface area contributed by atoms with Crippen LogP contribution in [0.3, 0.4) is 0 Å². The van der Waals surface area contributed by atoms with Gasteiger partial charge in [-0.25, -0.2) is 0 Å². The number of anilines is 1. The monoisotopic (exact) mass is 187 g/mol. The molecule has 0 saturated heterocycles. The van der Waals surface area contributed by atoms with E-state index in [1.54, 1.807) is 0 Å². The van der Waals surface area contributed by atoms with Gasteiger partial charge in [-0.05, 0) is 37.5 Å². The molecule has 0 saturated carbocycles. The van der Waals surface area contributed by atoms with E-state index in [-0.39, 0.29) is 0 Å². The Bertz CT molecular complexity index is 334. The van der Waals surface area contributed by atoms with Crippen molar-refractivity contribution in [1.29, 1.82) is 0 Å². The van der Waals surface area contributed by atoms with Gasteiger partial charge in [0.05, 0.1) is 0 Å². The summed E-state index contributed by atoms with van der Waals surface area (Å²) in [6.45, 7) is 5.17. The highest BCUT2D eigenvalue weighted by Crippen LogP contribution is 2.16. The maximum absolute atomic E-state index is 5.18. The summed E-state index contributed by atoms with van der Waals surface area (Å²) in [7, 11) is 0. The standard InChI is InChI=1S/C13H17N/c1-4-5-6-9-14-13-10-11(2)7-8-12(13)3/h1,7-8,10,14H,5-6,9H2,2-3H3. The van der Waals surface area contributed by atoms with Crippen molar-refractivity contribution in [2.75, 3.05) is 11.9 Å². The molecule has 1 aromatic carbocycles. The molecule has 14 heavy (non-hydrogen) atoms. The average molecular weight is 187 g/mol. The first-order valence-corrected chi connectivity index (χ1v) is 4.98. The van der Waals surface area contributed by atoms with Crippen molar-refractivity contribution in [2.45, 2.75) is 26.7 Å². The van der Waals surface area contributed by atoms with Crippen LogP contribution in [0.15, 0.2) is 18.2 Å². The van der Waals surface area contributed by atoms with E-state index in [4.69, 9.17) is 6.42 Å². The van der Waals surface area contributed by atoms with E-state index >= 15 is 0 Å². The first-order valence-electron chi connectivity index (χ1n) is 4.98. The Morgan fingerprint density at radius 1 is 1.36 bits per heavy atom. The highest BCUT2D eigenvalue weighted by atomic mass is 14.9. The van der Waals surface area contributed by atoms with Gasteiger partial charge < -0.3 is 5.32 Å². The summed E-state index contributed by atoms with van der Waals surface area (Å²) in [4.78, 5) is 0. The number of unbranched alkanes of at least 4 members (excludes halogenated alkanes) is 1. The van der Waals surface area contributed by atoms with Crippen LogP contribution in [-0.4, -0.2) is 6.54 Å². The lowest BCUT2D eigenvalue weighted by Gasteiger charge is -2.09. The van der Waals surface area contributed by atoms with E-state index in [0.29, 0.717) is 0 Å². The molecule has 0 fully saturated rings. The highest BCUT2D eigenvalue weighted by molar-refractivity contribution is 5.52. The van der Waals surface area contributed by atoms with Gasteiger partial charge in [-0.2, -0.15) is 0 Å². The Morgan fingerprint density at radius 2 is 2.14 bits per heavy atom. The third-order valence-corrected chi connectivity index (χ3v) is 2.21. The molecule has 0 atom stereocenters. The summed E-state index contributed by atoms with van der Waals surface area (Å²) in [6, 6.07) is 6.44. The minimum atomic E-state index is 0.845. The van der Waals surface area contributed by atoms with Crippen LogP contribution in [0.5, 0.6) is 0 Å². The second-order valence-corrected chi connectivity index (χ2v) is 3.55.